The Balaban J connectivity index is 1.78. The second-order valence-electron chi connectivity index (χ2n) is 4.39. The standard InChI is InChI=1S/C14H12ClNO2/c15-13-7-6-12(18-13)14(17)16-11-5-4-9-2-1-3-10(9)8-11/h4-8H,1-3H2,(H,16,17). The van der Waals surface area contributed by atoms with E-state index in [1.54, 1.807) is 12.1 Å². The van der Waals surface area contributed by atoms with Crippen molar-refractivity contribution in [1.82, 2.24) is 0 Å². The van der Waals surface area contributed by atoms with E-state index in [-0.39, 0.29) is 16.9 Å². The summed E-state index contributed by atoms with van der Waals surface area (Å²) in [5.74, 6) is -0.0552. The highest BCUT2D eigenvalue weighted by molar-refractivity contribution is 6.29. The summed E-state index contributed by atoms with van der Waals surface area (Å²) in [5, 5.41) is 3.03. The second kappa shape index (κ2) is 4.50. The molecule has 0 bridgehead atoms. The van der Waals surface area contributed by atoms with Crippen molar-refractivity contribution in [2.45, 2.75) is 19.3 Å². The molecule has 18 heavy (non-hydrogen) atoms. The minimum Gasteiger partial charge on any atom is -0.440 e. The zero-order valence-electron chi connectivity index (χ0n) is 9.70. The van der Waals surface area contributed by atoms with Crippen LogP contribution in [0.2, 0.25) is 5.22 Å². The molecular weight excluding hydrogens is 250 g/mol. The number of halogens is 1. The van der Waals surface area contributed by atoms with Crippen LogP contribution in [-0.4, -0.2) is 5.91 Å². The lowest BCUT2D eigenvalue weighted by atomic mass is 10.1. The van der Waals surface area contributed by atoms with Gasteiger partial charge in [0.15, 0.2) is 11.0 Å². The van der Waals surface area contributed by atoms with Crippen LogP contribution in [0.15, 0.2) is 34.7 Å². The molecule has 92 valence electrons. The third kappa shape index (κ3) is 2.14. The molecule has 1 amide bonds. The fourth-order valence-electron chi connectivity index (χ4n) is 2.28. The highest BCUT2D eigenvalue weighted by Gasteiger charge is 2.14. The number of benzene rings is 1. The quantitative estimate of drug-likeness (QED) is 0.896. The van der Waals surface area contributed by atoms with E-state index in [0.717, 1.165) is 18.5 Å². The Morgan fingerprint density at radius 1 is 1.17 bits per heavy atom. The molecule has 1 aliphatic rings. The van der Waals surface area contributed by atoms with E-state index in [2.05, 4.69) is 11.4 Å². The molecule has 0 spiro atoms. The number of carbonyl (C=O) groups excluding carboxylic acids is 1. The summed E-state index contributed by atoms with van der Waals surface area (Å²) in [6.45, 7) is 0. The molecule has 1 aromatic heterocycles. The zero-order valence-corrected chi connectivity index (χ0v) is 10.5. The van der Waals surface area contributed by atoms with E-state index < -0.39 is 0 Å². The van der Waals surface area contributed by atoms with Gasteiger partial charge in [-0.05, 0) is 66.3 Å². The largest absolute Gasteiger partial charge is 0.440 e. The van der Waals surface area contributed by atoms with Gasteiger partial charge in [0.2, 0.25) is 0 Å². The van der Waals surface area contributed by atoms with Crippen LogP contribution in [0.5, 0.6) is 0 Å². The maximum absolute atomic E-state index is 11.9. The lowest BCUT2D eigenvalue weighted by molar-refractivity contribution is 0.0997. The van der Waals surface area contributed by atoms with Crippen molar-refractivity contribution in [2.24, 2.45) is 0 Å². The molecule has 3 nitrogen and oxygen atoms in total. The molecular formula is C14H12ClNO2. The SMILES string of the molecule is O=C(Nc1ccc2c(c1)CCC2)c1ccc(Cl)o1. The van der Waals surface area contributed by atoms with Crippen molar-refractivity contribution in [3.8, 4) is 0 Å². The summed E-state index contributed by atoms with van der Waals surface area (Å²) >= 11 is 5.64. The van der Waals surface area contributed by atoms with E-state index >= 15 is 0 Å². The van der Waals surface area contributed by atoms with Crippen LogP contribution in [0.1, 0.15) is 28.1 Å². The van der Waals surface area contributed by atoms with E-state index in [1.165, 1.54) is 17.5 Å². The Kier molecular flexibility index (Phi) is 2.84. The van der Waals surface area contributed by atoms with E-state index in [1.807, 2.05) is 12.1 Å². The van der Waals surface area contributed by atoms with Crippen LogP contribution in [0.4, 0.5) is 5.69 Å². The average Bonchev–Trinajstić information content (AvgIpc) is 2.96. The topological polar surface area (TPSA) is 42.2 Å². The lowest BCUT2D eigenvalue weighted by Gasteiger charge is -2.05. The third-order valence-corrected chi connectivity index (χ3v) is 3.36. The van der Waals surface area contributed by atoms with Crippen molar-refractivity contribution in [1.29, 1.82) is 0 Å². The van der Waals surface area contributed by atoms with Gasteiger partial charge in [-0.3, -0.25) is 4.79 Å². The first-order chi connectivity index (χ1) is 8.72. The van der Waals surface area contributed by atoms with Gasteiger partial charge in [0.1, 0.15) is 0 Å². The Hall–Kier alpha value is -1.74. The first-order valence-electron chi connectivity index (χ1n) is 5.91. The van der Waals surface area contributed by atoms with Crippen molar-refractivity contribution < 1.29 is 9.21 Å². The maximum Gasteiger partial charge on any atom is 0.291 e. The van der Waals surface area contributed by atoms with Gasteiger partial charge in [0, 0.05) is 5.69 Å². The number of hydrogen-bond donors (Lipinski definition) is 1. The minimum absolute atomic E-state index is 0.217. The molecule has 1 aliphatic carbocycles. The summed E-state index contributed by atoms with van der Waals surface area (Å²) < 4.78 is 5.06. The molecule has 4 heteroatoms. The summed E-state index contributed by atoms with van der Waals surface area (Å²) in [6, 6.07) is 9.15. The summed E-state index contributed by atoms with van der Waals surface area (Å²) in [6.07, 6.45) is 3.42. The average molecular weight is 262 g/mol. The predicted octanol–water partition coefficient (Wildman–Crippen LogP) is 3.67. The number of aryl methyl sites for hydroxylation is 2. The van der Waals surface area contributed by atoms with Crippen molar-refractivity contribution in [3.05, 3.63) is 52.4 Å². The van der Waals surface area contributed by atoms with E-state index in [0.29, 0.717) is 0 Å². The molecule has 0 unspecified atom stereocenters. The number of nitrogens with one attached hydrogen (secondary N) is 1. The van der Waals surface area contributed by atoms with Crippen LogP contribution >= 0.6 is 11.6 Å². The van der Waals surface area contributed by atoms with Crippen molar-refractivity contribution >= 4 is 23.2 Å². The van der Waals surface area contributed by atoms with Crippen molar-refractivity contribution in [3.63, 3.8) is 0 Å². The van der Waals surface area contributed by atoms with Crippen LogP contribution in [0.25, 0.3) is 0 Å². The smallest absolute Gasteiger partial charge is 0.291 e. The first-order valence-corrected chi connectivity index (χ1v) is 6.29. The van der Waals surface area contributed by atoms with Gasteiger partial charge in [-0.25, -0.2) is 0 Å². The first kappa shape index (κ1) is 11.4. The molecule has 0 fully saturated rings. The predicted molar refractivity (Wildman–Crippen MR) is 70.1 cm³/mol. The minimum atomic E-state index is -0.278. The van der Waals surface area contributed by atoms with E-state index in [9.17, 15) is 4.79 Å². The highest BCUT2D eigenvalue weighted by atomic mass is 35.5. The molecule has 1 heterocycles. The number of carbonyl (C=O) groups is 1. The maximum atomic E-state index is 11.9. The zero-order chi connectivity index (χ0) is 12.5. The molecule has 0 aliphatic heterocycles. The number of furan rings is 1. The fraction of sp³-hybridized carbons (Fsp3) is 0.214. The molecule has 0 radical (unpaired) electrons. The normalized spacial score (nSPS) is 13.4. The Morgan fingerprint density at radius 3 is 2.78 bits per heavy atom. The number of rotatable bonds is 2. The Bertz CT molecular complexity index is 604. The molecule has 0 saturated carbocycles. The van der Waals surface area contributed by atoms with Crippen LogP contribution < -0.4 is 5.32 Å². The Morgan fingerprint density at radius 2 is 2.00 bits per heavy atom. The van der Waals surface area contributed by atoms with Crippen molar-refractivity contribution in [2.75, 3.05) is 5.32 Å². The van der Waals surface area contributed by atoms with Gasteiger partial charge < -0.3 is 9.73 Å². The van der Waals surface area contributed by atoms with Gasteiger partial charge in [-0.2, -0.15) is 0 Å². The lowest BCUT2D eigenvalue weighted by Crippen LogP contribution is -2.11. The van der Waals surface area contributed by atoms with Gasteiger partial charge >= 0.3 is 0 Å². The number of hydrogen-bond acceptors (Lipinski definition) is 2. The van der Waals surface area contributed by atoms with Gasteiger partial charge in [-0.1, -0.05) is 6.07 Å². The molecule has 0 atom stereocenters. The highest BCUT2D eigenvalue weighted by Crippen LogP contribution is 2.25. The number of fused-ring (bicyclic) bond motifs is 1. The van der Waals surface area contributed by atoms with Gasteiger partial charge in [-0.15, -0.1) is 0 Å². The third-order valence-electron chi connectivity index (χ3n) is 3.15. The van der Waals surface area contributed by atoms with E-state index in [4.69, 9.17) is 16.0 Å². The number of amides is 1. The monoisotopic (exact) mass is 261 g/mol. The number of anilines is 1. The molecule has 1 aromatic carbocycles. The van der Waals surface area contributed by atoms with Gasteiger partial charge in [0.05, 0.1) is 0 Å². The summed E-state index contributed by atoms with van der Waals surface area (Å²) in [4.78, 5) is 11.9. The molecule has 1 N–H and O–H groups in total. The molecule has 2 aromatic rings. The molecule has 0 saturated heterocycles. The Labute approximate surface area is 110 Å². The van der Waals surface area contributed by atoms with Gasteiger partial charge in [0.25, 0.3) is 5.91 Å². The fourth-order valence-corrected chi connectivity index (χ4v) is 2.42. The summed E-state index contributed by atoms with van der Waals surface area (Å²) in [7, 11) is 0. The second-order valence-corrected chi connectivity index (χ2v) is 4.77. The molecule has 3 rings (SSSR count). The van der Waals surface area contributed by atoms with Crippen LogP contribution in [0, 0.1) is 0 Å². The summed E-state index contributed by atoms with van der Waals surface area (Å²) in [5.41, 5.74) is 3.51. The van der Waals surface area contributed by atoms with Crippen LogP contribution in [0.3, 0.4) is 0 Å². The van der Waals surface area contributed by atoms with Crippen LogP contribution in [-0.2, 0) is 12.8 Å².